The quantitative estimate of drug-likeness (QED) is 0.631. The van der Waals surface area contributed by atoms with Gasteiger partial charge in [0.25, 0.3) is 5.82 Å². The average molecular weight is 296 g/mol. The van der Waals surface area contributed by atoms with Gasteiger partial charge in [-0.3, -0.25) is 0 Å². The maximum atomic E-state index is 6.01. The number of fused-ring (bicyclic) bond motifs is 1. The molecule has 0 spiro atoms. The molecule has 1 aromatic heterocycles. The molecule has 0 saturated heterocycles. The lowest BCUT2D eigenvalue weighted by atomic mass is 10.1. The Morgan fingerprint density at radius 3 is 2.48 bits per heavy atom. The predicted octanol–water partition coefficient (Wildman–Crippen LogP) is 4.03. The van der Waals surface area contributed by atoms with E-state index in [-0.39, 0.29) is 0 Å². The van der Waals surface area contributed by atoms with Gasteiger partial charge in [-0.2, -0.15) is 4.57 Å². The van der Waals surface area contributed by atoms with Gasteiger partial charge in [0.1, 0.15) is 11.9 Å². The summed E-state index contributed by atoms with van der Waals surface area (Å²) in [6, 6.07) is 18.6. The summed E-state index contributed by atoms with van der Waals surface area (Å²) < 4.78 is 4.74. The number of hydrogen-bond donors (Lipinski definition) is 0. The van der Waals surface area contributed by atoms with Gasteiger partial charge < -0.3 is 0 Å². The van der Waals surface area contributed by atoms with Crippen LogP contribution in [0, 0.1) is 0 Å². The molecule has 0 unspecified atom stereocenters. The van der Waals surface area contributed by atoms with Gasteiger partial charge in [0.15, 0.2) is 5.69 Å². The number of halogens is 1. The first-order valence-corrected chi connectivity index (χ1v) is 7.66. The van der Waals surface area contributed by atoms with Crippen LogP contribution in [-0.4, -0.2) is 4.57 Å². The topological polar surface area (TPSA) is 8.81 Å². The van der Waals surface area contributed by atoms with Crippen LogP contribution in [0.4, 0.5) is 0 Å². The van der Waals surface area contributed by atoms with Crippen LogP contribution in [0.1, 0.15) is 12.2 Å². The molecule has 0 aliphatic carbocycles. The van der Waals surface area contributed by atoms with Crippen molar-refractivity contribution in [2.75, 3.05) is 0 Å². The molecule has 0 atom stereocenters. The molecule has 4 rings (SSSR count). The molecule has 2 aromatic carbocycles. The predicted molar refractivity (Wildman–Crippen MR) is 84.7 cm³/mol. The van der Waals surface area contributed by atoms with Gasteiger partial charge in [0.2, 0.25) is 0 Å². The fraction of sp³-hybridized carbons (Fsp3) is 0.167. The summed E-state index contributed by atoms with van der Waals surface area (Å²) in [4.78, 5) is 0. The van der Waals surface area contributed by atoms with Crippen LogP contribution < -0.4 is 4.57 Å². The summed E-state index contributed by atoms with van der Waals surface area (Å²) in [5, 5.41) is 0.780. The van der Waals surface area contributed by atoms with Gasteiger partial charge in [-0.05, 0) is 42.8 Å². The summed E-state index contributed by atoms with van der Waals surface area (Å²) in [7, 11) is 0. The van der Waals surface area contributed by atoms with E-state index in [9.17, 15) is 0 Å². The monoisotopic (exact) mass is 295 g/mol. The Hall–Kier alpha value is -2.06. The van der Waals surface area contributed by atoms with Crippen molar-refractivity contribution < 1.29 is 4.57 Å². The van der Waals surface area contributed by atoms with Crippen molar-refractivity contribution in [2.24, 2.45) is 0 Å². The van der Waals surface area contributed by atoms with Gasteiger partial charge >= 0.3 is 0 Å². The normalized spacial score (nSPS) is 13.4. The maximum absolute atomic E-state index is 6.01. The fourth-order valence-corrected chi connectivity index (χ4v) is 3.22. The standard InChI is InChI=1S/C18H16ClN2/c19-15-10-8-14(9-11-15)17-13-21(16-5-2-1-3-6-16)18-7-4-12-20(17)18/h1-3,5-6,8-11,13H,4,7,12H2/q+1. The van der Waals surface area contributed by atoms with E-state index in [1.54, 1.807) is 0 Å². The van der Waals surface area contributed by atoms with Crippen LogP contribution in [0.3, 0.4) is 0 Å². The summed E-state index contributed by atoms with van der Waals surface area (Å²) >= 11 is 6.01. The lowest BCUT2D eigenvalue weighted by Gasteiger charge is -1.98. The molecule has 104 valence electrons. The molecule has 3 aromatic rings. The minimum atomic E-state index is 0.780. The molecular formula is C18H16ClN2+. The Kier molecular flexibility index (Phi) is 3.04. The second kappa shape index (κ2) is 5.05. The average Bonchev–Trinajstić information content (AvgIpc) is 3.11. The van der Waals surface area contributed by atoms with E-state index in [4.69, 9.17) is 11.6 Å². The van der Waals surface area contributed by atoms with Crippen molar-refractivity contribution in [3.05, 3.63) is 71.6 Å². The van der Waals surface area contributed by atoms with E-state index in [2.05, 4.69) is 57.8 Å². The van der Waals surface area contributed by atoms with Crippen molar-refractivity contribution in [2.45, 2.75) is 19.4 Å². The number of imidazole rings is 1. The Morgan fingerprint density at radius 2 is 1.71 bits per heavy atom. The number of benzene rings is 2. The minimum absolute atomic E-state index is 0.780. The van der Waals surface area contributed by atoms with Crippen molar-refractivity contribution in [3.8, 4) is 16.9 Å². The highest BCUT2D eigenvalue weighted by Crippen LogP contribution is 2.24. The van der Waals surface area contributed by atoms with Crippen LogP contribution in [0.2, 0.25) is 5.02 Å². The number of hydrogen-bond acceptors (Lipinski definition) is 0. The van der Waals surface area contributed by atoms with Crippen LogP contribution in [0.5, 0.6) is 0 Å². The molecule has 1 aliphatic heterocycles. The van der Waals surface area contributed by atoms with E-state index in [1.165, 1.54) is 29.2 Å². The molecule has 0 amide bonds. The number of rotatable bonds is 2. The molecule has 0 bridgehead atoms. The highest BCUT2D eigenvalue weighted by atomic mass is 35.5. The van der Waals surface area contributed by atoms with Crippen molar-refractivity contribution in [3.63, 3.8) is 0 Å². The number of nitrogens with zero attached hydrogens (tertiary/aromatic N) is 2. The largest absolute Gasteiger partial charge is 0.262 e. The van der Waals surface area contributed by atoms with Gasteiger partial charge in [-0.1, -0.05) is 29.8 Å². The van der Waals surface area contributed by atoms with Gasteiger partial charge in [0, 0.05) is 10.6 Å². The van der Waals surface area contributed by atoms with Crippen LogP contribution in [-0.2, 0) is 13.0 Å². The van der Waals surface area contributed by atoms with Crippen LogP contribution >= 0.6 is 11.6 Å². The summed E-state index contributed by atoms with van der Waals surface area (Å²) in [5.74, 6) is 1.38. The number of aromatic nitrogens is 2. The molecule has 0 fully saturated rings. The second-order valence-electron chi connectivity index (χ2n) is 5.40. The van der Waals surface area contributed by atoms with Crippen molar-refractivity contribution in [1.29, 1.82) is 0 Å². The zero-order valence-electron chi connectivity index (χ0n) is 11.7. The van der Waals surface area contributed by atoms with Gasteiger partial charge in [0.05, 0.1) is 13.0 Å². The summed E-state index contributed by atoms with van der Waals surface area (Å²) in [6.45, 7) is 1.09. The molecular weight excluding hydrogens is 280 g/mol. The van der Waals surface area contributed by atoms with Gasteiger partial charge in [-0.25, -0.2) is 4.57 Å². The third-order valence-electron chi connectivity index (χ3n) is 4.09. The zero-order valence-corrected chi connectivity index (χ0v) is 12.4. The SMILES string of the molecule is Clc1ccc(-c2cn(-c3ccccc3)c3[n+]2CCC3)cc1. The fourth-order valence-electron chi connectivity index (χ4n) is 3.10. The molecule has 1 aliphatic rings. The third-order valence-corrected chi connectivity index (χ3v) is 4.34. The highest BCUT2D eigenvalue weighted by molar-refractivity contribution is 6.30. The molecule has 21 heavy (non-hydrogen) atoms. The Balaban J connectivity index is 1.88. The lowest BCUT2D eigenvalue weighted by Crippen LogP contribution is -2.33. The summed E-state index contributed by atoms with van der Waals surface area (Å²) in [5.41, 5.74) is 3.71. The Labute approximate surface area is 129 Å². The molecule has 3 heteroatoms. The first-order valence-electron chi connectivity index (χ1n) is 7.28. The van der Waals surface area contributed by atoms with E-state index in [0.29, 0.717) is 0 Å². The van der Waals surface area contributed by atoms with Gasteiger partial charge in [-0.15, -0.1) is 0 Å². The minimum Gasteiger partial charge on any atom is -0.227 e. The molecule has 0 N–H and O–H groups in total. The summed E-state index contributed by atoms with van der Waals surface area (Å²) in [6.07, 6.45) is 4.58. The van der Waals surface area contributed by atoms with Crippen LogP contribution in [0.25, 0.3) is 16.9 Å². The van der Waals surface area contributed by atoms with Crippen molar-refractivity contribution in [1.82, 2.24) is 4.57 Å². The smallest absolute Gasteiger partial charge is 0.227 e. The van der Waals surface area contributed by atoms with E-state index in [1.807, 2.05) is 12.1 Å². The first-order chi connectivity index (χ1) is 10.3. The second-order valence-corrected chi connectivity index (χ2v) is 5.83. The number of para-hydroxylation sites is 1. The molecule has 2 heterocycles. The first kappa shape index (κ1) is 12.7. The highest BCUT2D eigenvalue weighted by Gasteiger charge is 2.29. The van der Waals surface area contributed by atoms with E-state index in [0.717, 1.165) is 18.0 Å². The van der Waals surface area contributed by atoms with Crippen molar-refractivity contribution >= 4 is 11.6 Å². The Bertz CT molecular complexity index is 773. The molecule has 2 nitrogen and oxygen atoms in total. The Morgan fingerprint density at radius 1 is 0.952 bits per heavy atom. The molecule has 0 saturated carbocycles. The van der Waals surface area contributed by atoms with E-state index < -0.39 is 0 Å². The lowest BCUT2D eigenvalue weighted by molar-refractivity contribution is -0.679. The maximum Gasteiger partial charge on any atom is 0.262 e. The van der Waals surface area contributed by atoms with E-state index >= 15 is 0 Å². The zero-order chi connectivity index (χ0) is 14.2. The third kappa shape index (κ3) is 2.16. The van der Waals surface area contributed by atoms with Crippen LogP contribution in [0.15, 0.2) is 60.8 Å². The molecule has 0 radical (unpaired) electrons.